The number of nitrogens with one attached hydrogen (secondary N) is 1. The van der Waals surface area contributed by atoms with Crippen LogP contribution in [0.1, 0.15) is 13.8 Å². The molecular weight excluding hydrogens is 342 g/mol. The zero-order chi connectivity index (χ0) is 18.4. The number of rotatable bonds is 8. The van der Waals surface area contributed by atoms with Crippen LogP contribution in [-0.2, 0) is 10.0 Å². The van der Waals surface area contributed by atoms with Crippen LogP contribution >= 0.6 is 0 Å². The zero-order valence-electron chi connectivity index (χ0n) is 14.8. The smallest absolute Gasteiger partial charge is 0.265 e. The van der Waals surface area contributed by atoms with Gasteiger partial charge < -0.3 is 14.4 Å². The zero-order valence-corrected chi connectivity index (χ0v) is 15.6. The highest BCUT2D eigenvalue weighted by molar-refractivity contribution is 7.92. The number of hydrogen-bond donors (Lipinski definition) is 1. The minimum absolute atomic E-state index is 0.0311. The first-order chi connectivity index (χ1) is 11.9. The molecule has 25 heavy (non-hydrogen) atoms. The molecule has 0 aliphatic rings. The Balaban J connectivity index is 2.27. The molecule has 0 fully saturated rings. The molecular formula is C17H23N3O4S. The molecule has 0 atom stereocenters. The molecule has 2 aromatic rings. The second-order valence-corrected chi connectivity index (χ2v) is 6.85. The standard InChI is InChI=1S/C17H23N3O4S/c1-5-20(6-2)17-10-7-13(12-18-17)19-25(21,22)16-9-8-14(23-3)11-15(16)24-4/h7-12,19H,5-6H2,1-4H3. The number of hydrogen-bond acceptors (Lipinski definition) is 6. The Morgan fingerprint density at radius 2 is 1.80 bits per heavy atom. The van der Waals surface area contributed by atoms with Gasteiger partial charge in [-0.15, -0.1) is 0 Å². The number of aromatic nitrogens is 1. The largest absolute Gasteiger partial charge is 0.497 e. The Morgan fingerprint density at radius 1 is 1.08 bits per heavy atom. The molecule has 136 valence electrons. The lowest BCUT2D eigenvalue weighted by Crippen LogP contribution is -2.23. The summed E-state index contributed by atoms with van der Waals surface area (Å²) < 4.78 is 38.1. The molecule has 0 spiro atoms. The van der Waals surface area contributed by atoms with Gasteiger partial charge in [0.05, 0.1) is 26.1 Å². The van der Waals surface area contributed by atoms with Crippen molar-refractivity contribution in [1.82, 2.24) is 4.98 Å². The van der Waals surface area contributed by atoms with Gasteiger partial charge in [-0.2, -0.15) is 0 Å². The fourth-order valence-corrected chi connectivity index (χ4v) is 3.58. The van der Waals surface area contributed by atoms with Crippen molar-refractivity contribution in [1.29, 1.82) is 0 Å². The summed E-state index contributed by atoms with van der Waals surface area (Å²) >= 11 is 0. The Hall–Kier alpha value is -2.48. The van der Waals surface area contributed by atoms with Crippen LogP contribution in [0.5, 0.6) is 11.5 Å². The van der Waals surface area contributed by atoms with Gasteiger partial charge in [-0.05, 0) is 38.1 Å². The van der Waals surface area contributed by atoms with E-state index in [0.29, 0.717) is 11.4 Å². The average molecular weight is 365 g/mol. The van der Waals surface area contributed by atoms with E-state index in [1.54, 1.807) is 18.2 Å². The van der Waals surface area contributed by atoms with E-state index in [1.807, 2.05) is 13.8 Å². The number of ether oxygens (including phenoxy) is 2. The van der Waals surface area contributed by atoms with Crippen LogP contribution in [0, 0.1) is 0 Å². The van der Waals surface area contributed by atoms with Crippen molar-refractivity contribution in [2.45, 2.75) is 18.7 Å². The molecule has 0 unspecified atom stereocenters. The van der Waals surface area contributed by atoms with Crippen LogP contribution < -0.4 is 19.1 Å². The first-order valence-corrected chi connectivity index (χ1v) is 9.39. The third kappa shape index (κ3) is 4.33. The predicted octanol–water partition coefficient (Wildman–Crippen LogP) is 2.75. The van der Waals surface area contributed by atoms with Crippen molar-refractivity contribution in [3.05, 3.63) is 36.5 Å². The Labute approximate surface area is 148 Å². The monoisotopic (exact) mass is 365 g/mol. The van der Waals surface area contributed by atoms with Crippen LogP contribution in [0.4, 0.5) is 11.5 Å². The van der Waals surface area contributed by atoms with Crippen LogP contribution in [0.15, 0.2) is 41.4 Å². The molecule has 0 amide bonds. The maximum atomic E-state index is 12.6. The molecule has 0 aliphatic heterocycles. The van der Waals surface area contributed by atoms with E-state index in [4.69, 9.17) is 9.47 Å². The summed E-state index contributed by atoms with van der Waals surface area (Å²) in [7, 11) is -0.894. The van der Waals surface area contributed by atoms with Crippen molar-refractivity contribution in [2.24, 2.45) is 0 Å². The summed E-state index contributed by atoms with van der Waals surface area (Å²) in [6.07, 6.45) is 1.50. The minimum atomic E-state index is -3.81. The van der Waals surface area contributed by atoms with Gasteiger partial charge in [-0.25, -0.2) is 13.4 Å². The Bertz CT molecular complexity index is 803. The first-order valence-electron chi connectivity index (χ1n) is 7.91. The molecule has 0 saturated carbocycles. The highest BCUT2D eigenvalue weighted by Crippen LogP contribution is 2.29. The minimum Gasteiger partial charge on any atom is -0.497 e. The predicted molar refractivity (Wildman–Crippen MR) is 98.2 cm³/mol. The van der Waals surface area contributed by atoms with Crippen molar-refractivity contribution in [2.75, 3.05) is 36.9 Å². The van der Waals surface area contributed by atoms with Crippen molar-refractivity contribution in [3.8, 4) is 11.5 Å². The van der Waals surface area contributed by atoms with Gasteiger partial charge in [0.25, 0.3) is 10.0 Å². The van der Waals surface area contributed by atoms with E-state index in [-0.39, 0.29) is 10.6 Å². The maximum absolute atomic E-state index is 12.6. The second kappa shape index (κ2) is 8.06. The molecule has 1 heterocycles. The molecule has 0 aliphatic carbocycles. The molecule has 7 nitrogen and oxygen atoms in total. The normalized spacial score (nSPS) is 11.0. The van der Waals surface area contributed by atoms with Crippen molar-refractivity contribution >= 4 is 21.5 Å². The van der Waals surface area contributed by atoms with E-state index in [9.17, 15) is 8.42 Å². The maximum Gasteiger partial charge on any atom is 0.265 e. The van der Waals surface area contributed by atoms with Gasteiger partial charge in [-0.1, -0.05) is 0 Å². The molecule has 1 N–H and O–H groups in total. The highest BCUT2D eigenvalue weighted by atomic mass is 32.2. The molecule has 8 heteroatoms. The van der Waals surface area contributed by atoms with Gasteiger partial charge in [0.1, 0.15) is 22.2 Å². The molecule has 1 aromatic carbocycles. The van der Waals surface area contributed by atoms with Crippen molar-refractivity contribution < 1.29 is 17.9 Å². The lowest BCUT2D eigenvalue weighted by Gasteiger charge is -2.19. The fourth-order valence-electron chi connectivity index (χ4n) is 2.39. The summed E-state index contributed by atoms with van der Waals surface area (Å²) in [6, 6.07) is 8.01. The third-order valence-electron chi connectivity index (χ3n) is 3.75. The third-order valence-corrected chi connectivity index (χ3v) is 5.17. The SMILES string of the molecule is CCN(CC)c1ccc(NS(=O)(=O)c2ccc(OC)cc2OC)cn1. The molecule has 0 saturated heterocycles. The number of sulfonamides is 1. The topological polar surface area (TPSA) is 80.8 Å². The van der Waals surface area contributed by atoms with E-state index >= 15 is 0 Å². The van der Waals surface area contributed by atoms with Gasteiger partial charge in [0.2, 0.25) is 0 Å². The first kappa shape index (κ1) is 18.9. The summed E-state index contributed by atoms with van der Waals surface area (Å²) in [5, 5.41) is 0. The Kier molecular flexibility index (Phi) is 6.08. The molecule has 0 radical (unpaired) electrons. The average Bonchev–Trinajstić information content (AvgIpc) is 2.63. The lowest BCUT2D eigenvalue weighted by atomic mass is 10.3. The van der Waals surface area contributed by atoms with Crippen LogP contribution in [0.2, 0.25) is 0 Å². The summed E-state index contributed by atoms with van der Waals surface area (Å²) in [4.78, 5) is 6.42. The van der Waals surface area contributed by atoms with Crippen molar-refractivity contribution in [3.63, 3.8) is 0 Å². The van der Waals surface area contributed by atoms with E-state index in [1.165, 1.54) is 32.5 Å². The van der Waals surface area contributed by atoms with E-state index in [0.717, 1.165) is 18.9 Å². The van der Waals surface area contributed by atoms with Gasteiger partial charge >= 0.3 is 0 Å². The lowest BCUT2D eigenvalue weighted by molar-refractivity contribution is 0.386. The molecule has 2 rings (SSSR count). The molecule has 1 aromatic heterocycles. The van der Waals surface area contributed by atoms with Crippen LogP contribution in [0.25, 0.3) is 0 Å². The quantitative estimate of drug-likeness (QED) is 0.775. The summed E-state index contributed by atoms with van der Waals surface area (Å²) in [5.74, 6) is 1.52. The van der Waals surface area contributed by atoms with Crippen LogP contribution in [0.3, 0.4) is 0 Å². The van der Waals surface area contributed by atoms with E-state index in [2.05, 4.69) is 14.6 Å². The van der Waals surface area contributed by atoms with Gasteiger partial charge in [-0.3, -0.25) is 4.72 Å². The van der Waals surface area contributed by atoms with Gasteiger partial charge in [0.15, 0.2) is 0 Å². The van der Waals surface area contributed by atoms with Gasteiger partial charge in [0, 0.05) is 19.2 Å². The second-order valence-electron chi connectivity index (χ2n) is 5.20. The molecule has 0 bridgehead atoms. The van der Waals surface area contributed by atoms with E-state index < -0.39 is 10.0 Å². The fraction of sp³-hybridized carbons (Fsp3) is 0.353. The summed E-state index contributed by atoms with van der Waals surface area (Å²) in [6.45, 7) is 5.74. The summed E-state index contributed by atoms with van der Waals surface area (Å²) in [5.41, 5.74) is 0.383. The number of nitrogens with zero attached hydrogens (tertiary/aromatic N) is 2. The number of benzene rings is 1. The number of pyridine rings is 1. The number of anilines is 2. The Morgan fingerprint density at radius 3 is 2.32 bits per heavy atom. The number of methoxy groups -OCH3 is 2. The van der Waals surface area contributed by atoms with Crippen LogP contribution in [-0.4, -0.2) is 40.7 Å². The highest BCUT2D eigenvalue weighted by Gasteiger charge is 2.20.